The number of rotatable bonds is 5. The zero-order chi connectivity index (χ0) is 16.4. The molecule has 0 unspecified atom stereocenters. The van der Waals surface area contributed by atoms with Crippen LogP contribution in [0.1, 0.15) is 13.8 Å². The Morgan fingerprint density at radius 1 is 1.35 bits per heavy atom. The molecular formula is C17H20ClN3O2. The first-order valence-corrected chi connectivity index (χ1v) is 8.01. The summed E-state index contributed by atoms with van der Waals surface area (Å²) in [6.45, 7) is 6.00. The third-order valence-corrected chi connectivity index (χ3v) is 4.23. The number of benzene rings is 1. The van der Waals surface area contributed by atoms with Gasteiger partial charge in [-0.2, -0.15) is 0 Å². The molecule has 0 spiro atoms. The van der Waals surface area contributed by atoms with Gasteiger partial charge in [0, 0.05) is 43.0 Å². The van der Waals surface area contributed by atoms with Crippen LogP contribution in [-0.2, 0) is 11.3 Å². The second-order valence-electron chi connectivity index (χ2n) is 6.40. The van der Waals surface area contributed by atoms with Gasteiger partial charge >= 0.3 is 0 Å². The molecule has 5 nitrogen and oxygen atoms in total. The number of imidazole rings is 1. The summed E-state index contributed by atoms with van der Waals surface area (Å²) in [5.41, 5.74) is -0.895. The number of carbonyl (C=O) groups is 1. The zero-order valence-corrected chi connectivity index (χ0v) is 14.0. The number of carbonyl (C=O) groups excluding carboxylic acids is 1. The van der Waals surface area contributed by atoms with Gasteiger partial charge in [0.1, 0.15) is 5.75 Å². The maximum atomic E-state index is 12.6. The minimum Gasteiger partial charge on any atom is -0.478 e. The van der Waals surface area contributed by atoms with Gasteiger partial charge in [-0.25, -0.2) is 4.98 Å². The molecule has 1 aliphatic rings. The summed E-state index contributed by atoms with van der Waals surface area (Å²) in [7, 11) is 0. The predicted molar refractivity (Wildman–Crippen MR) is 88.5 cm³/mol. The van der Waals surface area contributed by atoms with Crippen LogP contribution in [0.15, 0.2) is 43.0 Å². The van der Waals surface area contributed by atoms with E-state index >= 15 is 0 Å². The highest BCUT2D eigenvalue weighted by Crippen LogP contribution is 2.26. The molecule has 0 saturated carbocycles. The maximum Gasteiger partial charge on any atom is 0.266 e. The Hall–Kier alpha value is -2.01. The summed E-state index contributed by atoms with van der Waals surface area (Å²) >= 11 is 5.86. The van der Waals surface area contributed by atoms with E-state index in [-0.39, 0.29) is 5.91 Å². The van der Waals surface area contributed by atoms with Crippen molar-refractivity contribution >= 4 is 17.5 Å². The van der Waals surface area contributed by atoms with Gasteiger partial charge < -0.3 is 14.2 Å². The monoisotopic (exact) mass is 333 g/mol. The summed E-state index contributed by atoms with van der Waals surface area (Å²) in [4.78, 5) is 18.5. The Labute approximate surface area is 140 Å². The fourth-order valence-corrected chi connectivity index (χ4v) is 2.89. The number of nitrogens with zero attached hydrogens (tertiary/aromatic N) is 3. The second-order valence-corrected chi connectivity index (χ2v) is 6.84. The van der Waals surface area contributed by atoms with Gasteiger partial charge in [0.05, 0.1) is 6.33 Å². The summed E-state index contributed by atoms with van der Waals surface area (Å²) in [6, 6.07) is 7.05. The summed E-state index contributed by atoms with van der Waals surface area (Å²) in [5.74, 6) is 1.12. The van der Waals surface area contributed by atoms with E-state index in [0.29, 0.717) is 16.7 Å². The van der Waals surface area contributed by atoms with Crippen molar-refractivity contribution in [1.29, 1.82) is 0 Å². The van der Waals surface area contributed by atoms with Crippen LogP contribution in [0.5, 0.6) is 5.75 Å². The molecule has 23 heavy (non-hydrogen) atoms. The van der Waals surface area contributed by atoms with Crippen LogP contribution in [0.3, 0.4) is 0 Å². The van der Waals surface area contributed by atoms with Gasteiger partial charge in [-0.1, -0.05) is 11.6 Å². The molecule has 1 aromatic carbocycles. The van der Waals surface area contributed by atoms with Gasteiger partial charge in [-0.05, 0) is 38.1 Å². The van der Waals surface area contributed by atoms with Crippen molar-refractivity contribution in [3.8, 4) is 5.75 Å². The van der Waals surface area contributed by atoms with E-state index in [1.807, 2.05) is 15.7 Å². The molecular weight excluding hydrogens is 314 g/mol. The normalized spacial score (nSPS) is 15.3. The Morgan fingerprint density at radius 2 is 2.04 bits per heavy atom. The molecule has 1 amide bonds. The van der Waals surface area contributed by atoms with Crippen molar-refractivity contribution in [3.05, 3.63) is 48.0 Å². The molecule has 0 radical (unpaired) electrons. The van der Waals surface area contributed by atoms with E-state index in [4.69, 9.17) is 16.3 Å². The van der Waals surface area contributed by atoms with Crippen molar-refractivity contribution in [2.45, 2.75) is 26.0 Å². The van der Waals surface area contributed by atoms with Crippen LogP contribution in [0.2, 0.25) is 5.02 Å². The second kappa shape index (κ2) is 6.24. The van der Waals surface area contributed by atoms with Gasteiger partial charge in [0.25, 0.3) is 5.91 Å². The van der Waals surface area contributed by atoms with E-state index in [2.05, 4.69) is 4.98 Å². The van der Waals surface area contributed by atoms with Crippen LogP contribution in [-0.4, -0.2) is 39.0 Å². The lowest BCUT2D eigenvalue weighted by atomic mass is 9.96. The van der Waals surface area contributed by atoms with Crippen molar-refractivity contribution in [2.75, 3.05) is 13.1 Å². The Bertz CT molecular complexity index is 662. The molecule has 0 N–H and O–H groups in total. The molecule has 0 aliphatic carbocycles. The summed E-state index contributed by atoms with van der Waals surface area (Å²) in [5, 5.41) is 0.645. The number of hydrogen-bond donors (Lipinski definition) is 0. The van der Waals surface area contributed by atoms with Crippen molar-refractivity contribution in [1.82, 2.24) is 14.5 Å². The molecule has 1 saturated heterocycles. The highest BCUT2D eigenvalue weighted by molar-refractivity contribution is 6.30. The molecule has 0 bridgehead atoms. The fraction of sp³-hybridized carbons (Fsp3) is 0.412. The number of likely N-dealkylation sites (tertiary alicyclic amines) is 1. The first-order valence-electron chi connectivity index (χ1n) is 7.64. The Balaban J connectivity index is 1.54. The van der Waals surface area contributed by atoms with Crippen LogP contribution < -0.4 is 4.74 Å². The van der Waals surface area contributed by atoms with Gasteiger partial charge in [0.15, 0.2) is 5.60 Å². The van der Waals surface area contributed by atoms with Crippen LogP contribution in [0.4, 0.5) is 0 Å². The maximum absolute atomic E-state index is 12.6. The molecule has 3 rings (SSSR count). The van der Waals surface area contributed by atoms with Crippen LogP contribution in [0, 0.1) is 5.92 Å². The molecule has 6 heteroatoms. The van der Waals surface area contributed by atoms with E-state index in [0.717, 1.165) is 19.6 Å². The van der Waals surface area contributed by atoms with Crippen LogP contribution in [0.25, 0.3) is 0 Å². The van der Waals surface area contributed by atoms with Crippen molar-refractivity contribution in [3.63, 3.8) is 0 Å². The lowest BCUT2D eigenvalue weighted by Crippen LogP contribution is -2.58. The average molecular weight is 334 g/mol. The largest absolute Gasteiger partial charge is 0.478 e. The standard InChI is InChI=1S/C17H20ClN3O2/c1-17(2,23-15-5-3-14(18)4-6-15)16(22)21-10-13(11-21)9-20-8-7-19-12-20/h3-8,12-13H,9-11H2,1-2H3. The van der Waals surface area contributed by atoms with E-state index < -0.39 is 5.60 Å². The SMILES string of the molecule is CC(C)(Oc1ccc(Cl)cc1)C(=O)N1CC(Cn2ccnc2)C1. The van der Waals surface area contributed by atoms with E-state index in [9.17, 15) is 4.79 Å². The van der Waals surface area contributed by atoms with Gasteiger partial charge in [0.2, 0.25) is 0 Å². The fourth-order valence-electron chi connectivity index (χ4n) is 2.77. The van der Waals surface area contributed by atoms with Crippen molar-refractivity contribution < 1.29 is 9.53 Å². The number of ether oxygens (including phenoxy) is 1. The third-order valence-electron chi connectivity index (χ3n) is 3.97. The Morgan fingerprint density at radius 3 is 2.65 bits per heavy atom. The average Bonchev–Trinajstić information content (AvgIpc) is 2.97. The smallest absolute Gasteiger partial charge is 0.266 e. The van der Waals surface area contributed by atoms with E-state index in [1.54, 1.807) is 50.6 Å². The summed E-state index contributed by atoms with van der Waals surface area (Å²) < 4.78 is 7.90. The summed E-state index contributed by atoms with van der Waals surface area (Å²) in [6.07, 6.45) is 5.51. The molecule has 2 heterocycles. The molecule has 1 aliphatic heterocycles. The van der Waals surface area contributed by atoms with Gasteiger partial charge in [-0.15, -0.1) is 0 Å². The number of amides is 1. The number of aromatic nitrogens is 2. The minimum absolute atomic E-state index is 0.00864. The topological polar surface area (TPSA) is 47.4 Å². The molecule has 2 aromatic rings. The molecule has 122 valence electrons. The molecule has 1 fully saturated rings. The lowest BCUT2D eigenvalue weighted by Gasteiger charge is -2.43. The lowest BCUT2D eigenvalue weighted by molar-refractivity contribution is -0.152. The molecule has 0 atom stereocenters. The molecule has 1 aromatic heterocycles. The van der Waals surface area contributed by atoms with Gasteiger partial charge in [-0.3, -0.25) is 4.79 Å². The predicted octanol–water partition coefficient (Wildman–Crippen LogP) is 2.85. The van der Waals surface area contributed by atoms with E-state index in [1.165, 1.54) is 0 Å². The first kappa shape index (κ1) is 15.9. The highest BCUT2D eigenvalue weighted by Gasteiger charge is 2.40. The third kappa shape index (κ3) is 3.67. The number of halogens is 1. The first-order chi connectivity index (χ1) is 10.9. The highest BCUT2D eigenvalue weighted by atomic mass is 35.5. The zero-order valence-electron chi connectivity index (χ0n) is 13.3. The number of hydrogen-bond acceptors (Lipinski definition) is 3. The quantitative estimate of drug-likeness (QED) is 0.845. The van der Waals surface area contributed by atoms with Crippen molar-refractivity contribution in [2.24, 2.45) is 5.92 Å². The van der Waals surface area contributed by atoms with Crippen LogP contribution >= 0.6 is 11.6 Å². The minimum atomic E-state index is -0.895. The Kier molecular flexibility index (Phi) is 4.31.